The van der Waals surface area contributed by atoms with Crippen LogP contribution < -0.4 is 4.74 Å². The first-order valence-corrected chi connectivity index (χ1v) is 4.41. The molecule has 2 nitrogen and oxygen atoms in total. The molecule has 1 aromatic carbocycles. The summed E-state index contributed by atoms with van der Waals surface area (Å²) in [5.41, 5.74) is 0.175. The van der Waals surface area contributed by atoms with Crippen LogP contribution in [0.1, 0.15) is 10.4 Å². The van der Waals surface area contributed by atoms with E-state index >= 15 is 0 Å². The Morgan fingerprint density at radius 1 is 1.31 bits per heavy atom. The fraction of sp³-hybridized carbons (Fsp3) is 0.125. The predicted octanol–water partition coefficient (Wildman–Crippen LogP) is 3.47. The number of benzene rings is 1. The quantitative estimate of drug-likeness (QED) is 0.583. The topological polar surface area (TPSA) is 26.3 Å². The van der Waals surface area contributed by atoms with Gasteiger partial charge in [-0.25, -0.2) is 0 Å². The van der Waals surface area contributed by atoms with E-state index in [9.17, 15) is 4.79 Å². The Kier molecular flexibility index (Phi) is 3.42. The maximum absolute atomic E-state index is 10.5. The van der Waals surface area contributed by atoms with E-state index in [4.69, 9.17) is 39.5 Å². The predicted molar refractivity (Wildman–Crippen MR) is 53.4 cm³/mol. The molecule has 5 heteroatoms. The van der Waals surface area contributed by atoms with Crippen LogP contribution in [0.5, 0.6) is 5.75 Å². The fourth-order valence-corrected chi connectivity index (χ4v) is 1.60. The van der Waals surface area contributed by atoms with Gasteiger partial charge in [-0.1, -0.05) is 34.8 Å². The van der Waals surface area contributed by atoms with Crippen LogP contribution in [0, 0.1) is 0 Å². The minimum absolute atomic E-state index is 0.112. The summed E-state index contributed by atoms with van der Waals surface area (Å²) in [6, 6.07) is 1.44. The van der Waals surface area contributed by atoms with Crippen LogP contribution >= 0.6 is 34.8 Å². The van der Waals surface area contributed by atoms with Crippen LogP contribution in [0.25, 0.3) is 0 Å². The first-order valence-electron chi connectivity index (χ1n) is 3.28. The zero-order valence-corrected chi connectivity index (χ0v) is 8.87. The Labute approximate surface area is 90.3 Å². The van der Waals surface area contributed by atoms with E-state index in [0.717, 1.165) is 0 Å². The van der Waals surface area contributed by atoms with Gasteiger partial charge in [0, 0.05) is 6.07 Å². The van der Waals surface area contributed by atoms with Crippen LogP contribution in [0.4, 0.5) is 0 Å². The molecule has 1 rings (SSSR count). The molecule has 70 valence electrons. The van der Waals surface area contributed by atoms with E-state index in [2.05, 4.69) is 0 Å². The number of ether oxygens (including phenoxy) is 1. The van der Waals surface area contributed by atoms with Crippen molar-refractivity contribution < 1.29 is 9.53 Å². The maximum Gasteiger partial charge on any atom is 0.153 e. The lowest BCUT2D eigenvalue weighted by Crippen LogP contribution is -1.90. The zero-order chi connectivity index (χ0) is 10.0. The molecule has 0 unspecified atom stereocenters. The molecule has 13 heavy (non-hydrogen) atoms. The van der Waals surface area contributed by atoms with Gasteiger partial charge in [-0.15, -0.1) is 0 Å². The second-order valence-electron chi connectivity index (χ2n) is 2.22. The van der Waals surface area contributed by atoms with Gasteiger partial charge in [0.25, 0.3) is 0 Å². The van der Waals surface area contributed by atoms with Crippen LogP contribution in [0.3, 0.4) is 0 Å². The van der Waals surface area contributed by atoms with Gasteiger partial charge < -0.3 is 4.74 Å². The first kappa shape index (κ1) is 10.6. The molecule has 0 aliphatic heterocycles. The lowest BCUT2D eigenvalue weighted by atomic mass is 10.2. The average molecular weight is 239 g/mol. The number of rotatable bonds is 2. The van der Waals surface area contributed by atoms with E-state index < -0.39 is 0 Å². The zero-order valence-electron chi connectivity index (χ0n) is 6.61. The summed E-state index contributed by atoms with van der Waals surface area (Å²) < 4.78 is 4.89. The van der Waals surface area contributed by atoms with Gasteiger partial charge in [-0.05, 0) is 0 Å². The number of methoxy groups -OCH3 is 1. The molecule has 1 aromatic rings. The van der Waals surface area contributed by atoms with Crippen LogP contribution in [0.15, 0.2) is 6.07 Å². The molecular weight excluding hydrogens is 234 g/mol. The molecule has 0 aliphatic carbocycles. The van der Waals surface area contributed by atoms with Crippen molar-refractivity contribution in [2.24, 2.45) is 0 Å². The Bertz CT molecular complexity index is 350. The number of hydrogen-bond donors (Lipinski definition) is 0. The summed E-state index contributed by atoms with van der Waals surface area (Å²) in [4.78, 5) is 10.5. The fourth-order valence-electron chi connectivity index (χ4n) is 0.844. The molecule has 0 aliphatic rings. The van der Waals surface area contributed by atoms with E-state index in [1.165, 1.54) is 13.2 Å². The SMILES string of the molecule is COc1cc(Cl)c(C=O)c(Cl)c1Cl. The van der Waals surface area contributed by atoms with Crippen LogP contribution in [-0.2, 0) is 0 Å². The second kappa shape index (κ2) is 4.18. The standard InChI is InChI=1S/C8H5Cl3O2/c1-13-6-2-5(9)4(3-12)7(10)8(6)11/h2-3H,1H3. The number of carbonyl (C=O) groups excluding carboxylic acids is 1. The highest BCUT2D eigenvalue weighted by atomic mass is 35.5. The molecule has 0 heterocycles. The molecule has 0 fully saturated rings. The normalized spacial score (nSPS) is 9.85. The highest BCUT2D eigenvalue weighted by Gasteiger charge is 2.14. The Morgan fingerprint density at radius 3 is 2.38 bits per heavy atom. The molecule has 0 amide bonds. The maximum atomic E-state index is 10.5. The molecule has 0 atom stereocenters. The van der Waals surface area contributed by atoms with Crippen LogP contribution in [0.2, 0.25) is 15.1 Å². The highest BCUT2D eigenvalue weighted by molar-refractivity contribution is 6.46. The van der Waals surface area contributed by atoms with E-state index in [-0.39, 0.29) is 20.6 Å². The van der Waals surface area contributed by atoms with Crippen molar-refractivity contribution in [3.8, 4) is 5.75 Å². The van der Waals surface area contributed by atoms with Crippen molar-refractivity contribution in [3.63, 3.8) is 0 Å². The molecule has 0 saturated heterocycles. The lowest BCUT2D eigenvalue weighted by molar-refractivity contribution is 0.112. The summed E-state index contributed by atoms with van der Waals surface area (Å²) in [6.07, 6.45) is 0.552. The highest BCUT2D eigenvalue weighted by Crippen LogP contribution is 2.38. The average Bonchev–Trinajstić information content (AvgIpc) is 2.12. The summed E-state index contributed by atoms with van der Waals surface area (Å²) in [5.74, 6) is 0.349. The molecule has 0 radical (unpaired) electrons. The van der Waals surface area contributed by atoms with Gasteiger partial charge in [0.2, 0.25) is 0 Å². The van der Waals surface area contributed by atoms with Crippen molar-refractivity contribution >= 4 is 41.1 Å². The molecule has 0 N–H and O–H groups in total. The van der Waals surface area contributed by atoms with E-state index in [1.807, 2.05) is 0 Å². The smallest absolute Gasteiger partial charge is 0.153 e. The van der Waals surface area contributed by atoms with Crippen molar-refractivity contribution in [2.75, 3.05) is 7.11 Å². The van der Waals surface area contributed by atoms with Crippen molar-refractivity contribution in [2.45, 2.75) is 0 Å². The second-order valence-corrected chi connectivity index (χ2v) is 3.38. The number of halogens is 3. The largest absolute Gasteiger partial charge is 0.495 e. The Morgan fingerprint density at radius 2 is 1.92 bits per heavy atom. The van der Waals surface area contributed by atoms with Gasteiger partial charge in [0.15, 0.2) is 6.29 Å². The summed E-state index contributed by atoms with van der Waals surface area (Å²) in [6.45, 7) is 0. The minimum Gasteiger partial charge on any atom is -0.495 e. The third-order valence-electron chi connectivity index (χ3n) is 1.50. The molecule has 0 aromatic heterocycles. The van der Waals surface area contributed by atoms with E-state index in [1.54, 1.807) is 0 Å². The van der Waals surface area contributed by atoms with Gasteiger partial charge >= 0.3 is 0 Å². The minimum atomic E-state index is 0.112. The third kappa shape index (κ3) is 1.90. The Hall–Kier alpha value is -0.440. The van der Waals surface area contributed by atoms with Crippen molar-refractivity contribution in [1.29, 1.82) is 0 Å². The summed E-state index contributed by atoms with van der Waals surface area (Å²) in [7, 11) is 1.44. The number of aldehydes is 1. The van der Waals surface area contributed by atoms with Gasteiger partial charge in [-0.2, -0.15) is 0 Å². The lowest BCUT2D eigenvalue weighted by Gasteiger charge is -2.07. The van der Waals surface area contributed by atoms with Crippen molar-refractivity contribution in [3.05, 3.63) is 26.7 Å². The molecule has 0 saturated carbocycles. The monoisotopic (exact) mass is 238 g/mol. The van der Waals surface area contributed by atoms with Gasteiger partial charge in [-0.3, -0.25) is 4.79 Å². The van der Waals surface area contributed by atoms with Crippen LogP contribution in [-0.4, -0.2) is 13.4 Å². The molecule has 0 spiro atoms. The van der Waals surface area contributed by atoms with Gasteiger partial charge in [0.05, 0.1) is 22.7 Å². The van der Waals surface area contributed by atoms with Crippen molar-refractivity contribution in [1.82, 2.24) is 0 Å². The summed E-state index contributed by atoms with van der Waals surface area (Å²) >= 11 is 17.3. The molecular formula is C8H5Cl3O2. The van der Waals surface area contributed by atoms with Gasteiger partial charge in [0.1, 0.15) is 10.8 Å². The number of carbonyl (C=O) groups is 1. The molecule has 0 bridgehead atoms. The third-order valence-corrected chi connectivity index (χ3v) is 2.68. The summed E-state index contributed by atoms with van der Waals surface area (Å²) in [5, 5.41) is 0.526. The first-order chi connectivity index (χ1) is 6.11. The number of hydrogen-bond acceptors (Lipinski definition) is 2. The van der Waals surface area contributed by atoms with E-state index in [0.29, 0.717) is 12.0 Å². The Balaban J connectivity index is 3.45.